The zero-order chi connectivity index (χ0) is 40.2. The largest absolute Gasteiger partial charge is 0.507 e. The van der Waals surface area contributed by atoms with Gasteiger partial charge in [-0.25, -0.2) is 4.79 Å². The number of amides is 2. The first kappa shape index (κ1) is 41.6. The van der Waals surface area contributed by atoms with E-state index < -0.39 is 29.6 Å². The number of esters is 1. The Morgan fingerprint density at radius 1 is 1.00 bits per heavy atom. The van der Waals surface area contributed by atoms with Gasteiger partial charge in [-0.15, -0.1) is 0 Å². The van der Waals surface area contributed by atoms with Gasteiger partial charge in [0.15, 0.2) is 11.5 Å². The van der Waals surface area contributed by atoms with Crippen LogP contribution in [0.1, 0.15) is 122 Å². The average Bonchev–Trinajstić information content (AvgIpc) is 3.19. The van der Waals surface area contributed by atoms with Crippen molar-refractivity contribution < 1.29 is 48.3 Å². The van der Waals surface area contributed by atoms with Gasteiger partial charge in [0, 0.05) is 62.6 Å². The van der Waals surface area contributed by atoms with Crippen molar-refractivity contribution in [3.63, 3.8) is 0 Å². The number of ether oxygens (including phenoxy) is 4. The normalized spacial score (nSPS) is 18.5. The minimum atomic E-state index is -1.05. The van der Waals surface area contributed by atoms with Gasteiger partial charge in [0.2, 0.25) is 17.6 Å². The number of allylic oxidation sites excluding steroid dienone is 1. The number of fused-ring (bicyclic) bond motifs is 1. The van der Waals surface area contributed by atoms with Crippen LogP contribution < -0.4 is 19.5 Å². The van der Waals surface area contributed by atoms with E-state index in [0.29, 0.717) is 56.4 Å². The number of pyridine rings is 1. The van der Waals surface area contributed by atoms with Crippen LogP contribution in [0.15, 0.2) is 48.8 Å². The summed E-state index contributed by atoms with van der Waals surface area (Å²) >= 11 is 0. The molecule has 1 fully saturated rings. The monoisotopic (exact) mass is 771 g/mol. The van der Waals surface area contributed by atoms with Gasteiger partial charge >= 0.3 is 5.97 Å². The topological polar surface area (TPSA) is 174 Å². The number of piperidine rings is 1. The minimum absolute atomic E-state index is 0.0542. The number of carbonyl (C=O) groups is 4. The fraction of sp³-hybridized carbons (Fsp3) is 0.465. The first-order chi connectivity index (χ1) is 27.1. The molecule has 3 unspecified atom stereocenters. The molecule has 2 aromatic carbocycles. The number of phenolic OH excluding ortho intramolecular Hbond substituents is 2. The van der Waals surface area contributed by atoms with Crippen LogP contribution in [0.5, 0.6) is 28.7 Å². The summed E-state index contributed by atoms with van der Waals surface area (Å²) in [6, 6.07) is 8.34. The standard InChI is InChI=1S/C43H53N3O10/c1-27-12-10-16-31(47)15-7-5-6-13-28-22-34(48)40(41(51)39(28)43(52)56-27)32(30-23-35(53-2)42(55-4)36(24-30)54-3)25-37(49)45-20-18-38(50)46-21-9-8-17-33(46)29-14-11-19-44-26-29/h6,11,13-14,19,22-24,26-27,32-33,48,51H,5,7-10,12,15-18,20-21,25H2,1-4H3,(H,45,49). The molecule has 300 valence electrons. The van der Waals surface area contributed by atoms with Crippen LogP contribution in [0.3, 0.4) is 0 Å². The number of methoxy groups -OCH3 is 3. The molecule has 13 heteroatoms. The number of cyclic esters (lactones) is 1. The first-order valence-electron chi connectivity index (χ1n) is 19.3. The van der Waals surface area contributed by atoms with E-state index in [4.69, 9.17) is 18.9 Å². The van der Waals surface area contributed by atoms with Gasteiger partial charge in [0.05, 0.1) is 33.5 Å². The van der Waals surface area contributed by atoms with E-state index in [2.05, 4.69) is 10.3 Å². The van der Waals surface area contributed by atoms with E-state index in [1.165, 1.54) is 27.4 Å². The summed E-state index contributed by atoms with van der Waals surface area (Å²) in [5, 5.41) is 26.5. The molecule has 3 N–H and O–H groups in total. The molecule has 3 heterocycles. The van der Waals surface area contributed by atoms with Gasteiger partial charge < -0.3 is 39.4 Å². The predicted octanol–water partition coefficient (Wildman–Crippen LogP) is 6.78. The molecule has 0 aliphatic carbocycles. The number of nitrogens with one attached hydrogen (secondary N) is 1. The minimum Gasteiger partial charge on any atom is -0.507 e. The summed E-state index contributed by atoms with van der Waals surface area (Å²) < 4.78 is 22.5. The van der Waals surface area contributed by atoms with Crippen molar-refractivity contribution in [3.05, 3.63) is 76.6 Å². The number of likely N-dealkylation sites (tertiary alicyclic amines) is 1. The molecule has 1 saturated heterocycles. The van der Waals surface area contributed by atoms with Crippen LogP contribution in [0.2, 0.25) is 0 Å². The molecule has 3 atom stereocenters. The van der Waals surface area contributed by atoms with Crippen LogP contribution in [0, 0.1) is 0 Å². The molecule has 1 aromatic heterocycles. The molecular formula is C43H53N3O10. The maximum atomic E-state index is 13.8. The Labute approximate surface area is 328 Å². The Morgan fingerprint density at radius 2 is 1.75 bits per heavy atom. The fourth-order valence-corrected chi connectivity index (χ4v) is 7.57. The lowest BCUT2D eigenvalue weighted by molar-refractivity contribution is -0.135. The summed E-state index contributed by atoms with van der Waals surface area (Å²) in [6.07, 6.45) is 11.8. The Kier molecular flexibility index (Phi) is 14.7. The number of nitrogens with zero attached hydrogens (tertiary/aromatic N) is 2. The molecular weight excluding hydrogens is 718 g/mol. The summed E-state index contributed by atoms with van der Waals surface area (Å²) in [5.74, 6) is -2.33. The van der Waals surface area contributed by atoms with E-state index in [1.807, 2.05) is 17.0 Å². The van der Waals surface area contributed by atoms with Crippen molar-refractivity contribution >= 4 is 29.6 Å². The van der Waals surface area contributed by atoms with Crippen molar-refractivity contribution in [1.29, 1.82) is 0 Å². The third-order valence-corrected chi connectivity index (χ3v) is 10.4. The second kappa shape index (κ2) is 19.8. The number of carbonyl (C=O) groups excluding carboxylic acids is 4. The second-order valence-electron chi connectivity index (χ2n) is 14.3. The Bertz CT molecular complexity index is 1870. The zero-order valence-corrected chi connectivity index (χ0v) is 32.7. The molecule has 13 nitrogen and oxygen atoms in total. The lowest BCUT2D eigenvalue weighted by Gasteiger charge is -2.36. The number of ketones is 1. The molecule has 0 radical (unpaired) electrons. The number of hydrogen-bond donors (Lipinski definition) is 3. The van der Waals surface area contributed by atoms with Crippen molar-refractivity contribution in [2.45, 2.75) is 95.6 Å². The van der Waals surface area contributed by atoms with Gasteiger partial charge in [-0.1, -0.05) is 18.2 Å². The van der Waals surface area contributed by atoms with Crippen LogP contribution in [0.25, 0.3) is 6.08 Å². The number of aromatic nitrogens is 1. The van der Waals surface area contributed by atoms with E-state index >= 15 is 0 Å². The summed E-state index contributed by atoms with van der Waals surface area (Å²) in [6.45, 7) is 2.39. The van der Waals surface area contributed by atoms with Crippen molar-refractivity contribution in [2.75, 3.05) is 34.4 Å². The number of benzene rings is 2. The van der Waals surface area contributed by atoms with Crippen LogP contribution in [-0.2, 0) is 19.1 Å². The molecule has 2 amide bonds. The van der Waals surface area contributed by atoms with Gasteiger partial charge in [0.25, 0.3) is 0 Å². The number of aromatic hydroxyl groups is 2. The van der Waals surface area contributed by atoms with E-state index in [9.17, 15) is 29.4 Å². The predicted molar refractivity (Wildman–Crippen MR) is 209 cm³/mol. The second-order valence-corrected chi connectivity index (χ2v) is 14.3. The van der Waals surface area contributed by atoms with Crippen LogP contribution >= 0.6 is 0 Å². The Hall–Kier alpha value is -5.59. The summed E-state index contributed by atoms with van der Waals surface area (Å²) in [7, 11) is 4.35. The van der Waals surface area contributed by atoms with Gasteiger partial charge in [0.1, 0.15) is 22.8 Å². The summed E-state index contributed by atoms with van der Waals surface area (Å²) in [5.41, 5.74) is 1.36. The highest BCUT2D eigenvalue weighted by Crippen LogP contribution is 2.48. The number of phenols is 2. The molecule has 3 aromatic rings. The highest BCUT2D eigenvalue weighted by atomic mass is 16.5. The average molecular weight is 772 g/mol. The first-order valence-corrected chi connectivity index (χ1v) is 19.3. The molecule has 0 saturated carbocycles. The number of hydrogen-bond acceptors (Lipinski definition) is 11. The molecule has 5 rings (SSSR count). The molecule has 2 aliphatic heterocycles. The lowest BCUT2D eigenvalue weighted by atomic mass is 9.84. The van der Waals surface area contributed by atoms with E-state index in [-0.39, 0.29) is 71.1 Å². The lowest BCUT2D eigenvalue weighted by Crippen LogP contribution is -2.40. The van der Waals surface area contributed by atoms with E-state index in [0.717, 1.165) is 24.8 Å². The molecule has 2 aliphatic rings. The molecule has 56 heavy (non-hydrogen) atoms. The Balaban J connectivity index is 1.48. The molecule has 0 bridgehead atoms. The summed E-state index contributed by atoms with van der Waals surface area (Å²) in [4.78, 5) is 59.5. The third-order valence-electron chi connectivity index (χ3n) is 10.4. The van der Waals surface area contributed by atoms with Crippen molar-refractivity contribution in [1.82, 2.24) is 15.2 Å². The van der Waals surface area contributed by atoms with Gasteiger partial charge in [-0.2, -0.15) is 0 Å². The number of Topliss-reactive ketones (excluding diaryl/α,β-unsaturated/α-hetero) is 1. The van der Waals surface area contributed by atoms with Crippen molar-refractivity contribution in [2.24, 2.45) is 0 Å². The van der Waals surface area contributed by atoms with Crippen LogP contribution in [-0.4, -0.2) is 84.2 Å². The van der Waals surface area contributed by atoms with Gasteiger partial charge in [-0.3, -0.25) is 19.4 Å². The maximum Gasteiger partial charge on any atom is 0.342 e. The van der Waals surface area contributed by atoms with E-state index in [1.54, 1.807) is 43.6 Å². The smallest absolute Gasteiger partial charge is 0.342 e. The van der Waals surface area contributed by atoms with Crippen LogP contribution in [0.4, 0.5) is 0 Å². The SMILES string of the molecule is COc1cc(C(CC(=O)NCCC(=O)N2CCCCC2c2cccnc2)c2c(O)cc3c(c2O)C(=O)OC(C)CCCC(=O)CCCC=C3)cc(OC)c1OC. The quantitative estimate of drug-likeness (QED) is 0.175. The fourth-order valence-electron chi connectivity index (χ4n) is 7.57. The highest BCUT2D eigenvalue weighted by molar-refractivity contribution is 5.98. The van der Waals surface area contributed by atoms with Crippen molar-refractivity contribution in [3.8, 4) is 28.7 Å². The number of rotatable bonds is 11. The molecule has 0 spiro atoms. The Morgan fingerprint density at radius 3 is 2.45 bits per heavy atom. The third kappa shape index (κ3) is 10.2. The van der Waals surface area contributed by atoms with Gasteiger partial charge in [-0.05, 0) is 92.8 Å². The zero-order valence-electron chi connectivity index (χ0n) is 32.7. The maximum absolute atomic E-state index is 13.8. The highest BCUT2D eigenvalue weighted by Gasteiger charge is 2.33.